The Morgan fingerprint density at radius 2 is 1.74 bits per heavy atom. The van der Waals surface area contributed by atoms with E-state index < -0.39 is 0 Å². The molecule has 0 heterocycles. The minimum Gasteiger partial charge on any atom is -0.0871 e. The molecule has 0 saturated heterocycles. The Bertz CT molecular complexity index is 877. The Hall–Kier alpha value is -2.08. The van der Waals surface area contributed by atoms with Crippen LogP contribution in [0.1, 0.15) is 71.6 Å². The van der Waals surface area contributed by atoms with Gasteiger partial charge in [-0.25, -0.2) is 0 Å². The summed E-state index contributed by atoms with van der Waals surface area (Å²) < 4.78 is 0. The van der Waals surface area contributed by atoms with Crippen LogP contribution >= 0.6 is 0 Å². The first kappa shape index (κ1) is 19.7. The predicted octanol–water partition coefficient (Wildman–Crippen LogP) is 7.89. The third-order valence-electron chi connectivity index (χ3n) is 5.79. The van der Waals surface area contributed by atoms with Crippen molar-refractivity contribution < 1.29 is 0 Å². The molecule has 0 aromatic heterocycles. The summed E-state index contributed by atoms with van der Waals surface area (Å²) in [6.45, 7) is 15.9. The zero-order chi connectivity index (χ0) is 19.8. The predicted molar refractivity (Wildman–Crippen MR) is 121 cm³/mol. The maximum Gasteiger partial charge on any atom is 0.0158 e. The lowest BCUT2D eigenvalue weighted by Gasteiger charge is -2.24. The van der Waals surface area contributed by atoms with E-state index in [9.17, 15) is 0 Å². The van der Waals surface area contributed by atoms with Gasteiger partial charge in [-0.05, 0) is 58.7 Å². The molecule has 2 aliphatic rings. The van der Waals surface area contributed by atoms with E-state index in [1.165, 1.54) is 33.4 Å². The van der Waals surface area contributed by atoms with Crippen LogP contribution in [0.2, 0.25) is 0 Å². The molecule has 0 radical (unpaired) electrons. The molecule has 2 aliphatic carbocycles. The van der Waals surface area contributed by atoms with E-state index in [2.05, 4.69) is 109 Å². The third kappa shape index (κ3) is 3.81. The highest BCUT2D eigenvalue weighted by molar-refractivity contribution is 5.89. The Morgan fingerprint density at radius 1 is 1.04 bits per heavy atom. The van der Waals surface area contributed by atoms with Crippen molar-refractivity contribution in [3.8, 4) is 0 Å². The molecule has 1 aromatic carbocycles. The molecule has 0 nitrogen and oxygen atoms in total. The van der Waals surface area contributed by atoms with E-state index in [-0.39, 0.29) is 10.8 Å². The average molecular weight is 359 g/mol. The highest BCUT2D eigenvalue weighted by atomic mass is 14.4. The summed E-state index contributed by atoms with van der Waals surface area (Å²) in [6.07, 6.45) is 17.2. The SMILES string of the molecule is C/C=C\C(=C/CC(C)C)c1ccc2c(c1)C(C)(C)C1=C2C=CC(C)(C)C=C1. The minimum absolute atomic E-state index is 0.0288. The Morgan fingerprint density at radius 3 is 2.41 bits per heavy atom. The lowest BCUT2D eigenvalue weighted by atomic mass is 9.79. The number of benzene rings is 1. The van der Waals surface area contributed by atoms with Crippen molar-refractivity contribution in [2.45, 2.75) is 60.3 Å². The van der Waals surface area contributed by atoms with Crippen molar-refractivity contribution in [1.82, 2.24) is 0 Å². The summed E-state index contributed by atoms with van der Waals surface area (Å²) in [6, 6.07) is 7.05. The van der Waals surface area contributed by atoms with E-state index in [0.29, 0.717) is 5.92 Å². The summed E-state index contributed by atoms with van der Waals surface area (Å²) in [4.78, 5) is 0. The van der Waals surface area contributed by atoms with Gasteiger partial charge in [0.05, 0.1) is 0 Å². The molecule has 142 valence electrons. The summed E-state index contributed by atoms with van der Waals surface area (Å²) in [5, 5.41) is 0. The van der Waals surface area contributed by atoms with Crippen molar-refractivity contribution in [2.75, 3.05) is 0 Å². The van der Waals surface area contributed by atoms with Crippen LogP contribution in [-0.4, -0.2) is 0 Å². The van der Waals surface area contributed by atoms with Gasteiger partial charge in [0, 0.05) is 10.8 Å². The second kappa shape index (κ2) is 7.15. The van der Waals surface area contributed by atoms with E-state index in [1.54, 1.807) is 0 Å². The van der Waals surface area contributed by atoms with Crippen molar-refractivity contribution in [3.63, 3.8) is 0 Å². The Kier molecular flexibility index (Phi) is 5.21. The third-order valence-corrected chi connectivity index (χ3v) is 5.79. The monoisotopic (exact) mass is 358 g/mol. The van der Waals surface area contributed by atoms with Crippen molar-refractivity contribution in [2.24, 2.45) is 11.3 Å². The maximum absolute atomic E-state index is 2.42. The molecule has 0 heteroatoms. The van der Waals surface area contributed by atoms with Gasteiger partial charge < -0.3 is 0 Å². The van der Waals surface area contributed by atoms with E-state index in [0.717, 1.165) is 6.42 Å². The van der Waals surface area contributed by atoms with Gasteiger partial charge >= 0.3 is 0 Å². The van der Waals surface area contributed by atoms with Crippen molar-refractivity contribution in [1.29, 1.82) is 0 Å². The molecule has 0 spiro atoms. The van der Waals surface area contributed by atoms with E-state index >= 15 is 0 Å². The molecule has 3 rings (SSSR count). The maximum atomic E-state index is 2.42. The van der Waals surface area contributed by atoms with Crippen molar-refractivity contribution >= 4 is 11.1 Å². The number of hydrogen-bond acceptors (Lipinski definition) is 0. The summed E-state index contributed by atoms with van der Waals surface area (Å²) >= 11 is 0. The fourth-order valence-electron chi connectivity index (χ4n) is 4.06. The van der Waals surface area contributed by atoms with Crippen LogP contribution in [-0.2, 0) is 5.41 Å². The smallest absolute Gasteiger partial charge is 0.0158 e. The first-order chi connectivity index (χ1) is 12.7. The van der Waals surface area contributed by atoms with Gasteiger partial charge in [0.1, 0.15) is 0 Å². The molecule has 0 bridgehead atoms. The van der Waals surface area contributed by atoms with Gasteiger partial charge in [-0.1, -0.05) is 96.2 Å². The van der Waals surface area contributed by atoms with Crippen LogP contribution in [0.25, 0.3) is 11.1 Å². The van der Waals surface area contributed by atoms with Crippen LogP contribution in [0.3, 0.4) is 0 Å². The van der Waals surface area contributed by atoms with Gasteiger partial charge in [-0.15, -0.1) is 0 Å². The highest BCUT2D eigenvalue weighted by Gasteiger charge is 2.36. The first-order valence-corrected chi connectivity index (χ1v) is 10.3. The molecular formula is C27H34. The number of hydrogen-bond donors (Lipinski definition) is 0. The normalized spacial score (nSPS) is 20.4. The summed E-state index contributed by atoms with van der Waals surface area (Å²) in [5.74, 6) is 0.674. The number of fused-ring (bicyclic) bond motifs is 2. The van der Waals surface area contributed by atoms with Crippen molar-refractivity contribution in [3.05, 3.63) is 83.0 Å². The minimum atomic E-state index is 0.0288. The van der Waals surface area contributed by atoms with Gasteiger partial charge in [0.25, 0.3) is 0 Å². The molecule has 0 saturated carbocycles. The molecule has 1 aromatic rings. The molecule has 27 heavy (non-hydrogen) atoms. The molecular weight excluding hydrogens is 324 g/mol. The molecule has 0 fully saturated rings. The van der Waals surface area contributed by atoms with Crippen LogP contribution in [0.5, 0.6) is 0 Å². The average Bonchev–Trinajstić information content (AvgIpc) is 2.69. The van der Waals surface area contributed by atoms with Crippen LogP contribution in [0.15, 0.2) is 66.3 Å². The van der Waals surface area contributed by atoms with Crippen LogP contribution in [0, 0.1) is 11.3 Å². The quantitative estimate of drug-likeness (QED) is 0.480. The van der Waals surface area contributed by atoms with E-state index in [4.69, 9.17) is 0 Å². The Balaban J connectivity index is 2.09. The lowest BCUT2D eigenvalue weighted by Crippen LogP contribution is -2.16. The van der Waals surface area contributed by atoms with Crippen LogP contribution in [0.4, 0.5) is 0 Å². The van der Waals surface area contributed by atoms with Gasteiger partial charge in [-0.2, -0.15) is 0 Å². The standard InChI is InChI=1S/C27H34/c1-8-9-20(11-10-19(2)3)21-12-13-22-23-14-16-26(4,5)17-15-24(23)27(6,7)25(22)18-21/h8-9,11-19H,10H2,1-7H3/b9-8-,20-11+. The largest absolute Gasteiger partial charge is 0.0871 e. The van der Waals surface area contributed by atoms with Gasteiger partial charge in [0.15, 0.2) is 0 Å². The van der Waals surface area contributed by atoms with Gasteiger partial charge in [0.2, 0.25) is 0 Å². The lowest BCUT2D eigenvalue weighted by molar-refractivity contribution is 0.619. The van der Waals surface area contributed by atoms with Crippen LogP contribution < -0.4 is 0 Å². The molecule has 0 N–H and O–H groups in total. The zero-order valence-electron chi connectivity index (χ0n) is 18.1. The molecule has 0 unspecified atom stereocenters. The molecule has 0 amide bonds. The molecule has 0 atom stereocenters. The highest BCUT2D eigenvalue weighted by Crippen LogP contribution is 2.49. The second-order valence-electron chi connectivity index (χ2n) is 9.49. The number of allylic oxidation sites excluding steroid dienone is 10. The number of rotatable bonds is 4. The first-order valence-electron chi connectivity index (χ1n) is 10.3. The summed E-state index contributed by atoms with van der Waals surface area (Å²) in [5.41, 5.74) is 8.46. The fraction of sp³-hybridized carbons (Fsp3) is 0.407. The van der Waals surface area contributed by atoms with Gasteiger partial charge in [-0.3, -0.25) is 0 Å². The molecule has 0 aliphatic heterocycles. The zero-order valence-corrected chi connectivity index (χ0v) is 18.1. The van der Waals surface area contributed by atoms with E-state index in [1.807, 2.05) is 0 Å². The Labute approximate surface area is 166 Å². The topological polar surface area (TPSA) is 0 Å². The summed E-state index contributed by atoms with van der Waals surface area (Å²) in [7, 11) is 0. The fourth-order valence-corrected chi connectivity index (χ4v) is 4.06. The second-order valence-corrected chi connectivity index (χ2v) is 9.49.